The minimum absolute atomic E-state index is 0.00127. The van der Waals surface area contributed by atoms with Crippen LogP contribution in [0.2, 0.25) is 5.02 Å². The van der Waals surface area contributed by atoms with Crippen LogP contribution in [0.5, 0.6) is 5.75 Å². The first-order valence-corrected chi connectivity index (χ1v) is 8.54. The minimum Gasteiger partial charge on any atom is -0.486 e. The van der Waals surface area contributed by atoms with Gasteiger partial charge >= 0.3 is 5.69 Å². The molecular weight excluding hydrogens is 385 g/mol. The lowest BCUT2D eigenvalue weighted by Crippen LogP contribution is -2.06. The normalized spacial score (nSPS) is 11.3. The molecule has 0 aliphatic heterocycles. The molecule has 0 saturated heterocycles. The fourth-order valence-corrected chi connectivity index (χ4v) is 2.93. The molecule has 0 aliphatic rings. The zero-order valence-electron chi connectivity index (χ0n) is 9.31. The van der Waals surface area contributed by atoms with E-state index in [0.29, 0.717) is 4.47 Å². The van der Waals surface area contributed by atoms with Crippen LogP contribution in [-0.4, -0.2) is 25.7 Å². The second-order valence-electron chi connectivity index (χ2n) is 3.44. The van der Waals surface area contributed by atoms with Gasteiger partial charge in [-0.1, -0.05) is 11.6 Å². The summed E-state index contributed by atoms with van der Waals surface area (Å²) < 4.78 is 26.9. The van der Waals surface area contributed by atoms with Gasteiger partial charge in [0.15, 0.2) is 0 Å². The number of hydrogen-bond donors (Lipinski definition) is 0. The molecule has 0 heterocycles. The highest BCUT2D eigenvalue weighted by Gasteiger charge is 2.20. The summed E-state index contributed by atoms with van der Waals surface area (Å²) in [6, 6.07) is 2.60. The van der Waals surface area contributed by atoms with Crippen LogP contribution < -0.4 is 4.74 Å². The third kappa shape index (κ3) is 5.52. The summed E-state index contributed by atoms with van der Waals surface area (Å²) in [5, 5.41) is 11.0. The average molecular weight is 393 g/mol. The average Bonchev–Trinajstić information content (AvgIpc) is 2.24. The van der Waals surface area contributed by atoms with Crippen molar-refractivity contribution in [1.82, 2.24) is 0 Å². The van der Waals surface area contributed by atoms with Crippen LogP contribution in [0, 0.1) is 10.1 Å². The lowest BCUT2D eigenvalue weighted by atomic mass is 10.3. The van der Waals surface area contributed by atoms with Crippen molar-refractivity contribution >= 4 is 53.0 Å². The van der Waals surface area contributed by atoms with Crippen molar-refractivity contribution in [3.63, 3.8) is 0 Å². The molecule has 0 fully saturated rings. The molecule has 0 saturated carbocycles. The van der Waals surface area contributed by atoms with Crippen molar-refractivity contribution in [2.45, 2.75) is 6.42 Å². The Morgan fingerprint density at radius 1 is 1.42 bits per heavy atom. The van der Waals surface area contributed by atoms with Crippen LogP contribution in [0.25, 0.3) is 0 Å². The van der Waals surface area contributed by atoms with E-state index in [2.05, 4.69) is 15.9 Å². The summed E-state index contributed by atoms with van der Waals surface area (Å²) in [4.78, 5) is 10.2. The van der Waals surface area contributed by atoms with Gasteiger partial charge in [0.1, 0.15) is 0 Å². The Labute approximate surface area is 127 Å². The number of ether oxygens (including phenoxy) is 1. The van der Waals surface area contributed by atoms with Crippen molar-refractivity contribution in [3.05, 3.63) is 31.7 Å². The largest absolute Gasteiger partial charge is 0.486 e. The number of hydrogen-bond acceptors (Lipinski definition) is 5. The number of rotatable bonds is 6. The van der Waals surface area contributed by atoms with Crippen molar-refractivity contribution < 1.29 is 18.1 Å². The summed E-state index contributed by atoms with van der Waals surface area (Å²) in [5.41, 5.74) is -0.298. The maximum absolute atomic E-state index is 10.8. The van der Waals surface area contributed by atoms with Crippen LogP contribution in [0.15, 0.2) is 16.6 Å². The highest BCUT2D eigenvalue weighted by molar-refractivity contribution is 9.10. The van der Waals surface area contributed by atoms with E-state index in [0.717, 1.165) is 6.07 Å². The maximum Gasteiger partial charge on any atom is 0.313 e. The van der Waals surface area contributed by atoms with Gasteiger partial charge in [0.05, 0.1) is 21.8 Å². The summed E-state index contributed by atoms with van der Waals surface area (Å²) in [6.45, 7) is -0.0208. The molecule has 1 rings (SSSR count). The van der Waals surface area contributed by atoms with Crippen LogP contribution in [-0.2, 0) is 9.05 Å². The van der Waals surface area contributed by atoms with Gasteiger partial charge in [-0.15, -0.1) is 0 Å². The van der Waals surface area contributed by atoms with E-state index in [1.54, 1.807) is 0 Å². The van der Waals surface area contributed by atoms with E-state index < -0.39 is 14.0 Å². The standard InChI is InChI=1S/C9H8BrCl2NO5S/c10-7-4-6(11)5-8(13(14)15)9(7)18-2-1-3-19(12,16)17/h4-5H,1-3H2. The van der Waals surface area contributed by atoms with Crippen LogP contribution in [0.4, 0.5) is 5.69 Å². The lowest BCUT2D eigenvalue weighted by Gasteiger charge is -2.08. The van der Waals surface area contributed by atoms with E-state index in [1.807, 2.05) is 0 Å². The molecule has 0 N–H and O–H groups in total. The molecule has 0 bridgehead atoms. The molecule has 6 nitrogen and oxygen atoms in total. The second kappa shape index (κ2) is 6.74. The quantitative estimate of drug-likeness (QED) is 0.320. The molecule has 106 valence electrons. The zero-order chi connectivity index (χ0) is 14.6. The van der Waals surface area contributed by atoms with E-state index in [-0.39, 0.29) is 35.2 Å². The number of nitro groups is 1. The topological polar surface area (TPSA) is 86.5 Å². The molecule has 0 atom stereocenters. The molecule has 0 unspecified atom stereocenters. The molecule has 19 heavy (non-hydrogen) atoms. The Hall–Kier alpha value is -0.570. The summed E-state index contributed by atoms with van der Waals surface area (Å²) in [6.07, 6.45) is 0.123. The van der Waals surface area contributed by atoms with Crippen molar-refractivity contribution in [3.8, 4) is 5.75 Å². The van der Waals surface area contributed by atoms with Crippen molar-refractivity contribution in [2.75, 3.05) is 12.4 Å². The first-order valence-electron chi connectivity index (χ1n) is 4.89. The lowest BCUT2D eigenvalue weighted by molar-refractivity contribution is -0.385. The Bertz CT molecular complexity index is 593. The predicted octanol–water partition coefficient (Wildman–Crippen LogP) is 3.35. The van der Waals surface area contributed by atoms with Gasteiger partial charge in [-0.25, -0.2) is 8.42 Å². The fourth-order valence-electron chi connectivity index (χ4n) is 1.23. The minimum atomic E-state index is -3.60. The predicted molar refractivity (Wildman–Crippen MR) is 75.6 cm³/mol. The van der Waals surface area contributed by atoms with E-state index >= 15 is 0 Å². The first-order chi connectivity index (χ1) is 8.70. The molecule has 0 amide bonds. The molecule has 0 aliphatic carbocycles. The molecule has 0 aromatic heterocycles. The third-order valence-corrected chi connectivity index (χ3v) is 4.01. The SMILES string of the molecule is O=[N+]([O-])c1cc(Cl)cc(Br)c1OCCCS(=O)(=O)Cl. The Kier molecular flexibility index (Phi) is 5.84. The molecular formula is C9H8BrCl2NO5S. The summed E-state index contributed by atoms with van der Waals surface area (Å²) in [5.74, 6) is -0.269. The van der Waals surface area contributed by atoms with E-state index in [9.17, 15) is 18.5 Å². The van der Waals surface area contributed by atoms with Gasteiger partial charge in [-0.2, -0.15) is 0 Å². The summed E-state index contributed by atoms with van der Waals surface area (Å²) in [7, 11) is 1.43. The zero-order valence-corrected chi connectivity index (χ0v) is 13.2. The Morgan fingerprint density at radius 3 is 2.58 bits per heavy atom. The number of benzene rings is 1. The maximum atomic E-state index is 10.8. The molecule has 0 radical (unpaired) electrons. The molecule has 1 aromatic carbocycles. The van der Waals surface area contributed by atoms with Gasteiger partial charge < -0.3 is 4.74 Å². The number of nitrogens with zero attached hydrogens (tertiary/aromatic N) is 1. The number of nitro benzene ring substituents is 1. The highest BCUT2D eigenvalue weighted by Crippen LogP contribution is 2.37. The van der Waals surface area contributed by atoms with Crippen LogP contribution in [0.3, 0.4) is 0 Å². The second-order valence-corrected chi connectivity index (χ2v) is 7.63. The van der Waals surface area contributed by atoms with Crippen LogP contribution >= 0.6 is 38.2 Å². The Morgan fingerprint density at radius 2 is 2.05 bits per heavy atom. The van der Waals surface area contributed by atoms with Gasteiger partial charge in [0, 0.05) is 21.8 Å². The monoisotopic (exact) mass is 391 g/mol. The van der Waals surface area contributed by atoms with Gasteiger partial charge in [0.25, 0.3) is 0 Å². The van der Waals surface area contributed by atoms with Crippen molar-refractivity contribution in [2.24, 2.45) is 0 Å². The van der Waals surface area contributed by atoms with Crippen molar-refractivity contribution in [1.29, 1.82) is 0 Å². The molecule has 0 spiro atoms. The first kappa shape index (κ1) is 16.5. The summed E-state index contributed by atoms with van der Waals surface area (Å²) >= 11 is 8.80. The molecule has 1 aromatic rings. The van der Waals surface area contributed by atoms with Crippen LogP contribution in [0.1, 0.15) is 6.42 Å². The smallest absolute Gasteiger partial charge is 0.313 e. The van der Waals surface area contributed by atoms with E-state index in [4.69, 9.17) is 27.0 Å². The Balaban J connectivity index is 2.80. The molecule has 10 heteroatoms. The fraction of sp³-hybridized carbons (Fsp3) is 0.333. The number of halogens is 3. The van der Waals surface area contributed by atoms with Gasteiger partial charge in [-0.3, -0.25) is 10.1 Å². The van der Waals surface area contributed by atoms with E-state index in [1.165, 1.54) is 6.07 Å². The highest BCUT2D eigenvalue weighted by atomic mass is 79.9. The third-order valence-electron chi connectivity index (χ3n) is 1.96. The van der Waals surface area contributed by atoms with Gasteiger partial charge in [0.2, 0.25) is 14.8 Å². The van der Waals surface area contributed by atoms with Gasteiger partial charge in [-0.05, 0) is 28.4 Å².